The summed E-state index contributed by atoms with van der Waals surface area (Å²) in [6, 6.07) is 5.41. The fourth-order valence-corrected chi connectivity index (χ4v) is 3.41. The van der Waals surface area contributed by atoms with Crippen molar-refractivity contribution in [2.45, 2.75) is 39.7 Å². The van der Waals surface area contributed by atoms with Crippen LogP contribution in [-0.2, 0) is 11.2 Å². The number of amides is 1. The van der Waals surface area contributed by atoms with Gasteiger partial charge in [0, 0.05) is 29.1 Å². The van der Waals surface area contributed by atoms with Gasteiger partial charge in [-0.2, -0.15) is 4.79 Å². The van der Waals surface area contributed by atoms with E-state index in [1.807, 2.05) is 32.9 Å². The molecule has 0 saturated heterocycles. The van der Waals surface area contributed by atoms with Crippen molar-refractivity contribution in [3.05, 3.63) is 35.1 Å². The number of carbonyl (C=O) groups excluding carboxylic acids is 1. The van der Waals surface area contributed by atoms with Gasteiger partial charge in [-0.05, 0) is 51.3 Å². The molecule has 2 rings (SSSR count). The summed E-state index contributed by atoms with van der Waals surface area (Å²) in [4.78, 5) is 14.5. The summed E-state index contributed by atoms with van der Waals surface area (Å²) in [5, 5.41) is 0. The Kier molecular flexibility index (Phi) is 6.36. The van der Waals surface area contributed by atoms with E-state index in [0.29, 0.717) is 18.7 Å². The van der Waals surface area contributed by atoms with E-state index in [0.717, 1.165) is 28.8 Å². The Labute approximate surface area is 156 Å². The molecule has 0 fully saturated rings. The molecule has 132 valence electrons. The first kappa shape index (κ1) is 19.3. The Bertz CT molecular complexity index is 653. The molecule has 1 aliphatic rings. The quantitative estimate of drug-likeness (QED) is 0.523. The summed E-state index contributed by atoms with van der Waals surface area (Å²) in [6.07, 6.45) is 0.514. The Morgan fingerprint density at radius 2 is 2.12 bits per heavy atom. The Balaban J connectivity index is 1.92. The zero-order valence-electron chi connectivity index (χ0n) is 14.7. The SMILES string of the molecule is Cc1ccc(CCN2CC[N+](C(=O)OC(C)(C)C)=C(I)C2)cc1F. The predicted octanol–water partition coefficient (Wildman–Crippen LogP) is 3.77. The van der Waals surface area contributed by atoms with Crippen LogP contribution in [0.5, 0.6) is 0 Å². The van der Waals surface area contributed by atoms with E-state index in [9.17, 15) is 9.18 Å². The van der Waals surface area contributed by atoms with E-state index in [2.05, 4.69) is 27.5 Å². The van der Waals surface area contributed by atoms with Crippen LogP contribution in [0.1, 0.15) is 31.9 Å². The van der Waals surface area contributed by atoms with Crippen molar-refractivity contribution < 1.29 is 18.5 Å². The Morgan fingerprint density at radius 1 is 1.42 bits per heavy atom. The molecule has 6 heteroatoms. The second-order valence-corrected chi connectivity index (χ2v) is 8.36. The largest absolute Gasteiger partial charge is 0.597 e. The minimum Gasteiger partial charge on any atom is -0.406 e. The monoisotopic (exact) mass is 447 g/mol. The van der Waals surface area contributed by atoms with Gasteiger partial charge in [0.15, 0.2) is 6.54 Å². The fraction of sp³-hybridized carbons (Fsp3) is 0.556. The maximum absolute atomic E-state index is 13.6. The molecule has 0 N–H and O–H groups in total. The molecule has 0 bridgehead atoms. The van der Waals surface area contributed by atoms with E-state index in [1.54, 1.807) is 17.6 Å². The van der Waals surface area contributed by atoms with Crippen molar-refractivity contribution in [2.24, 2.45) is 0 Å². The van der Waals surface area contributed by atoms with Crippen LogP contribution in [0.4, 0.5) is 9.18 Å². The topological polar surface area (TPSA) is 32.5 Å². The van der Waals surface area contributed by atoms with E-state index in [-0.39, 0.29) is 11.9 Å². The Morgan fingerprint density at radius 3 is 2.71 bits per heavy atom. The van der Waals surface area contributed by atoms with Crippen LogP contribution in [0.2, 0.25) is 0 Å². The van der Waals surface area contributed by atoms with Crippen LogP contribution in [0.3, 0.4) is 0 Å². The molecule has 1 aliphatic heterocycles. The summed E-state index contributed by atoms with van der Waals surface area (Å²) < 4.78 is 21.7. The molecule has 0 saturated carbocycles. The summed E-state index contributed by atoms with van der Waals surface area (Å²) in [7, 11) is 0. The van der Waals surface area contributed by atoms with Gasteiger partial charge in [-0.25, -0.2) is 4.39 Å². The third-order valence-corrected chi connectivity index (χ3v) is 4.78. The number of nitrogens with zero attached hydrogens (tertiary/aromatic N) is 2. The predicted molar refractivity (Wildman–Crippen MR) is 102 cm³/mol. The highest BCUT2D eigenvalue weighted by Gasteiger charge is 2.33. The molecule has 0 radical (unpaired) electrons. The first-order valence-corrected chi connectivity index (χ1v) is 9.23. The van der Waals surface area contributed by atoms with Crippen LogP contribution in [0, 0.1) is 12.7 Å². The molecule has 0 unspecified atom stereocenters. The van der Waals surface area contributed by atoms with Gasteiger partial charge in [0.2, 0.25) is 3.72 Å². The smallest absolute Gasteiger partial charge is 0.406 e. The highest BCUT2D eigenvalue weighted by atomic mass is 127. The lowest BCUT2D eigenvalue weighted by molar-refractivity contribution is -0.454. The number of ether oxygens (including phenoxy) is 1. The molecule has 0 aliphatic carbocycles. The maximum atomic E-state index is 13.6. The zero-order chi connectivity index (χ0) is 17.9. The van der Waals surface area contributed by atoms with Crippen molar-refractivity contribution in [3.8, 4) is 0 Å². The Hall–Kier alpha value is -1.02. The van der Waals surface area contributed by atoms with E-state index < -0.39 is 5.60 Å². The van der Waals surface area contributed by atoms with Gasteiger partial charge in [-0.15, -0.1) is 4.58 Å². The first-order chi connectivity index (χ1) is 11.2. The fourth-order valence-electron chi connectivity index (χ4n) is 2.49. The third-order valence-electron chi connectivity index (χ3n) is 3.85. The van der Waals surface area contributed by atoms with E-state index >= 15 is 0 Å². The standard InChI is InChI=1S/C18H25FIN2O2/c1-13-5-6-14(11-15(13)19)7-8-21-9-10-22(16(20)12-21)17(23)24-18(2,3)4/h5-6,11H,7-10,12H2,1-4H3/q+1. The van der Waals surface area contributed by atoms with Crippen LogP contribution in [0.15, 0.2) is 18.2 Å². The highest BCUT2D eigenvalue weighted by Crippen LogP contribution is 2.13. The van der Waals surface area contributed by atoms with Crippen molar-refractivity contribution in [2.75, 3.05) is 26.2 Å². The number of benzene rings is 1. The molecule has 0 aromatic heterocycles. The molecule has 4 nitrogen and oxygen atoms in total. The van der Waals surface area contributed by atoms with Crippen molar-refractivity contribution in [1.82, 2.24) is 4.90 Å². The first-order valence-electron chi connectivity index (χ1n) is 8.15. The highest BCUT2D eigenvalue weighted by molar-refractivity contribution is 14.1. The van der Waals surface area contributed by atoms with E-state index in [1.165, 1.54) is 0 Å². The van der Waals surface area contributed by atoms with Crippen LogP contribution in [0.25, 0.3) is 0 Å². The maximum Gasteiger partial charge on any atom is 0.597 e. The molecule has 1 heterocycles. The lowest BCUT2D eigenvalue weighted by atomic mass is 10.1. The van der Waals surface area contributed by atoms with Crippen LogP contribution < -0.4 is 0 Å². The number of hydrogen-bond donors (Lipinski definition) is 0. The molecule has 1 aromatic carbocycles. The number of rotatable bonds is 3. The van der Waals surface area contributed by atoms with Gasteiger partial charge in [-0.1, -0.05) is 12.1 Å². The zero-order valence-corrected chi connectivity index (χ0v) is 16.9. The number of aryl methyl sites for hydroxylation is 1. The van der Waals surface area contributed by atoms with Gasteiger partial charge in [0.05, 0.1) is 13.1 Å². The number of carbonyl (C=O) groups is 1. The molecule has 1 amide bonds. The summed E-state index contributed by atoms with van der Waals surface area (Å²) in [5.41, 5.74) is 1.19. The molecule has 24 heavy (non-hydrogen) atoms. The van der Waals surface area contributed by atoms with Gasteiger partial charge in [-0.3, -0.25) is 4.90 Å². The second-order valence-electron chi connectivity index (χ2n) is 7.12. The molecular weight excluding hydrogens is 422 g/mol. The number of hydrogen-bond acceptors (Lipinski definition) is 3. The lowest BCUT2D eigenvalue weighted by Crippen LogP contribution is -2.46. The minimum absolute atomic E-state index is 0.150. The normalized spacial score (nSPS) is 16.4. The minimum atomic E-state index is -0.485. The summed E-state index contributed by atoms with van der Waals surface area (Å²) in [6.45, 7) is 10.4. The summed E-state index contributed by atoms with van der Waals surface area (Å²) in [5.74, 6) is -0.150. The van der Waals surface area contributed by atoms with E-state index in [4.69, 9.17) is 4.74 Å². The van der Waals surface area contributed by atoms with Gasteiger partial charge in [0.25, 0.3) is 0 Å². The lowest BCUT2D eigenvalue weighted by Gasteiger charge is -2.25. The molecule has 1 aromatic rings. The average Bonchev–Trinajstić information content (AvgIpc) is 2.46. The molecule has 0 atom stereocenters. The average molecular weight is 447 g/mol. The third kappa shape index (κ3) is 5.51. The molecular formula is C18H25FIN2O2+. The van der Waals surface area contributed by atoms with Gasteiger partial charge in [0.1, 0.15) is 11.4 Å². The van der Waals surface area contributed by atoms with Crippen LogP contribution in [-0.4, -0.2) is 51.1 Å². The van der Waals surface area contributed by atoms with Crippen molar-refractivity contribution >= 4 is 32.4 Å². The summed E-state index contributed by atoms with van der Waals surface area (Å²) >= 11 is 2.20. The van der Waals surface area contributed by atoms with Crippen LogP contribution >= 0.6 is 22.6 Å². The van der Waals surface area contributed by atoms with Crippen molar-refractivity contribution in [3.63, 3.8) is 0 Å². The van der Waals surface area contributed by atoms with Gasteiger partial charge >= 0.3 is 6.09 Å². The molecule has 0 spiro atoms. The number of halogens is 2. The van der Waals surface area contributed by atoms with Crippen molar-refractivity contribution in [1.29, 1.82) is 0 Å². The van der Waals surface area contributed by atoms with Gasteiger partial charge < -0.3 is 4.74 Å². The second kappa shape index (κ2) is 7.91.